The van der Waals surface area contributed by atoms with E-state index in [9.17, 15) is 9.59 Å². The van der Waals surface area contributed by atoms with Crippen molar-refractivity contribution in [3.63, 3.8) is 0 Å². The van der Waals surface area contributed by atoms with Gasteiger partial charge in [0.15, 0.2) is 0 Å². The van der Waals surface area contributed by atoms with Crippen LogP contribution in [0.15, 0.2) is 96.1 Å². The average Bonchev–Trinajstić information content (AvgIpc) is 3.43. The number of benzene rings is 3. The minimum atomic E-state index is -0.921. The van der Waals surface area contributed by atoms with Crippen LogP contribution in [0.1, 0.15) is 11.6 Å². The largest absolute Gasteiger partial charge is 0.463 e. The van der Waals surface area contributed by atoms with Gasteiger partial charge in [0.1, 0.15) is 24.9 Å². The van der Waals surface area contributed by atoms with E-state index < -0.39 is 5.60 Å². The molecule has 2 aliphatic heterocycles. The van der Waals surface area contributed by atoms with Crippen LogP contribution in [0, 0.1) is 0 Å². The van der Waals surface area contributed by atoms with Crippen molar-refractivity contribution in [1.29, 1.82) is 0 Å². The van der Waals surface area contributed by atoms with Crippen LogP contribution in [-0.4, -0.2) is 37.9 Å². The molecule has 2 aliphatic rings. The molecule has 3 aromatic rings. The number of carbonyl (C=O) groups excluding carboxylic acids is 2. The molecule has 0 aliphatic carbocycles. The predicted octanol–water partition coefficient (Wildman–Crippen LogP) is 4.34. The number of hydrogen-bond acceptors (Lipinski definition) is 6. The summed E-state index contributed by atoms with van der Waals surface area (Å²) in [6.45, 7) is 0.954. The highest BCUT2D eigenvalue weighted by molar-refractivity contribution is 5.87. The van der Waals surface area contributed by atoms with Crippen molar-refractivity contribution in [2.45, 2.75) is 17.7 Å². The van der Waals surface area contributed by atoms with Gasteiger partial charge in [-0.25, -0.2) is 0 Å². The third-order valence-electron chi connectivity index (χ3n) is 6.29. The predicted molar refractivity (Wildman–Crippen MR) is 125 cm³/mol. The molecule has 3 aromatic carbocycles. The molecule has 2 heterocycles. The molecule has 0 saturated carbocycles. The summed E-state index contributed by atoms with van der Waals surface area (Å²) in [5.41, 5.74) is 2.63. The SMILES string of the molecule is O=COCC1=C(COC=O)C2(C(Nc3ccccc3)c3cccc4ccccc34)C=CC1O2. The average molecular weight is 441 g/mol. The van der Waals surface area contributed by atoms with Gasteiger partial charge in [0, 0.05) is 16.8 Å². The van der Waals surface area contributed by atoms with Gasteiger partial charge in [-0.3, -0.25) is 9.59 Å². The van der Waals surface area contributed by atoms with Gasteiger partial charge in [0.25, 0.3) is 12.9 Å². The van der Waals surface area contributed by atoms with E-state index >= 15 is 0 Å². The lowest BCUT2D eigenvalue weighted by Gasteiger charge is -2.37. The van der Waals surface area contributed by atoms with Gasteiger partial charge in [-0.15, -0.1) is 0 Å². The van der Waals surface area contributed by atoms with Gasteiger partial charge in [-0.1, -0.05) is 66.7 Å². The standard InChI is InChI=1S/C27H23NO5/c29-17-31-15-23-24(16-32-18-30)27(14-13-25(23)33-27)26(28-20-9-2-1-3-10-20)22-12-6-8-19-7-4-5-11-21(19)22/h1-14,17-18,25-26,28H,15-16H2. The fourth-order valence-corrected chi connectivity index (χ4v) is 4.87. The second kappa shape index (κ2) is 8.92. The summed E-state index contributed by atoms with van der Waals surface area (Å²) in [5.74, 6) is 0. The first kappa shape index (κ1) is 21.0. The maximum Gasteiger partial charge on any atom is 0.293 e. The van der Waals surface area contributed by atoms with E-state index in [0.717, 1.165) is 33.2 Å². The summed E-state index contributed by atoms with van der Waals surface area (Å²) in [7, 11) is 0. The molecule has 3 unspecified atom stereocenters. The second-order valence-corrected chi connectivity index (χ2v) is 8.02. The second-order valence-electron chi connectivity index (χ2n) is 8.02. The van der Waals surface area contributed by atoms with Crippen LogP contribution in [-0.2, 0) is 23.8 Å². The van der Waals surface area contributed by atoms with Crippen molar-refractivity contribution >= 4 is 29.4 Å². The van der Waals surface area contributed by atoms with E-state index in [1.54, 1.807) is 0 Å². The Labute approximate surface area is 191 Å². The van der Waals surface area contributed by atoms with Crippen LogP contribution >= 0.6 is 0 Å². The third-order valence-corrected chi connectivity index (χ3v) is 6.29. The van der Waals surface area contributed by atoms with Crippen LogP contribution in [0.5, 0.6) is 0 Å². The maximum atomic E-state index is 11.1. The van der Waals surface area contributed by atoms with E-state index in [2.05, 4.69) is 29.6 Å². The molecule has 1 N–H and O–H groups in total. The fourth-order valence-electron chi connectivity index (χ4n) is 4.87. The minimum Gasteiger partial charge on any atom is -0.463 e. The molecule has 3 atom stereocenters. The van der Waals surface area contributed by atoms with E-state index in [-0.39, 0.29) is 25.4 Å². The van der Waals surface area contributed by atoms with Crippen molar-refractivity contribution in [2.24, 2.45) is 0 Å². The van der Waals surface area contributed by atoms with Gasteiger partial charge in [0.05, 0.1) is 6.04 Å². The quantitative estimate of drug-likeness (QED) is 0.373. The van der Waals surface area contributed by atoms with E-state index in [4.69, 9.17) is 14.2 Å². The minimum absolute atomic E-state index is 0.0413. The molecule has 2 bridgehead atoms. The van der Waals surface area contributed by atoms with Crippen molar-refractivity contribution in [2.75, 3.05) is 18.5 Å². The highest BCUT2D eigenvalue weighted by atomic mass is 16.5. The van der Waals surface area contributed by atoms with Crippen molar-refractivity contribution in [3.8, 4) is 0 Å². The van der Waals surface area contributed by atoms with E-state index in [0.29, 0.717) is 12.9 Å². The lowest BCUT2D eigenvalue weighted by atomic mass is 9.78. The molecule has 0 fully saturated rings. The number of para-hydroxylation sites is 1. The summed E-state index contributed by atoms with van der Waals surface area (Å²) in [6.07, 6.45) is 3.64. The van der Waals surface area contributed by atoms with Gasteiger partial charge < -0.3 is 19.5 Å². The van der Waals surface area contributed by atoms with Gasteiger partial charge in [-0.05, 0) is 34.5 Å². The van der Waals surface area contributed by atoms with E-state index in [1.807, 2.05) is 60.7 Å². The number of hydrogen-bond donors (Lipinski definition) is 1. The summed E-state index contributed by atoms with van der Waals surface area (Å²) >= 11 is 0. The molecular formula is C27H23NO5. The number of anilines is 1. The van der Waals surface area contributed by atoms with Crippen molar-refractivity contribution in [3.05, 3.63) is 102 Å². The zero-order chi connectivity index (χ0) is 22.7. The number of fused-ring (bicyclic) bond motifs is 3. The number of carbonyl (C=O) groups is 2. The van der Waals surface area contributed by atoms with Crippen molar-refractivity contribution < 1.29 is 23.8 Å². The molecule has 0 spiro atoms. The smallest absolute Gasteiger partial charge is 0.293 e. The molecule has 5 rings (SSSR count). The van der Waals surface area contributed by atoms with Crippen LogP contribution in [0.25, 0.3) is 10.8 Å². The highest BCUT2D eigenvalue weighted by Crippen LogP contribution is 2.51. The molecule has 0 amide bonds. The monoisotopic (exact) mass is 441 g/mol. The fraction of sp³-hybridized carbons (Fsp3) is 0.185. The summed E-state index contributed by atoms with van der Waals surface area (Å²) in [4.78, 5) is 22.0. The Bertz CT molecular complexity index is 1230. The molecular weight excluding hydrogens is 418 g/mol. The van der Waals surface area contributed by atoms with Gasteiger partial charge in [-0.2, -0.15) is 0 Å². The first-order valence-electron chi connectivity index (χ1n) is 10.8. The van der Waals surface area contributed by atoms with Crippen LogP contribution in [0.2, 0.25) is 0 Å². The van der Waals surface area contributed by atoms with Gasteiger partial charge >= 0.3 is 0 Å². The summed E-state index contributed by atoms with van der Waals surface area (Å²) in [6, 6.07) is 24.0. The molecule has 33 heavy (non-hydrogen) atoms. The Morgan fingerprint density at radius 3 is 2.45 bits per heavy atom. The van der Waals surface area contributed by atoms with Crippen molar-refractivity contribution in [1.82, 2.24) is 0 Å². The highest BCUT2D eigenvalue weighted by Gasteiger charge is 2.54. The topological polar surface area (TPSA) is 73.9 Å². The first-order chi connectivity index (χ1) is 16.3. The number of nitrogens with one attached hydrogen (secondary N) is 1. The Kier molecular flexibility index (Phi) is 5.67. The first-order valence-corrected chi connectivity index (χ1v) is 10.8. The van der Waals surface area contributed by atoms with Gasteiger partial charge in [0.2, 0.25) is 0 Å². The molecule has 166 valence electrons. The zero-order valence-corrected chi connectivity index (χ0v) is 17.8. The zero-order valence-electron chi connectivity index (χ0n) is 17.8. The Morgan fingerprint density at radius 1 is 0.909 bits per heavy atom. The summed E-state index contributed by atoms with van der Waals surface area (Å²) in [5, 5.41) is 5.87. The molecule has 6 nitrogen and oxygen atoms in total. The van der Waals surface area contributed by atoms with Crippen LogP contribution in [0.3, 0.4) is 0 Å². The molecule has 6 heteroatoms. The Balaban J connectivity index is 1.68. The van der Waals surface area contributed by atoms with Crippen LogP contribution in [0.4, 0.5) is 5.69 Å². The Morgan fingerprint density at radius 2 is 1.64 bits per heavy atom. The molecule has 0 aromatic heterocycles. The maximum absolute atomic E-state index is 11.1. The van der Waals surface area contributed by atoms with E-state index in [1.165, 1.54) is 0 Å². The number of rotatable bonds is 10. The molecule has 0 radical (unpaired) electrons. The third kappa shape index (κ3) is 3.68. The number of ether oxygens (including phenoxy) is 3. The lowest BCUT2D eigenvalue weighted by Crippen LogP contribution is -2.41. The normalized spacial score (nSPS) is 21.8. The lowest BCUT2D eigenvalue weighted by molar-refractivity contribution is -0.129. The molecule has 0 saturated heterocycles. The Hall–Kier alpha value is -3.90. The summed E-state index contributed by atoms with van der Waals surface area (Å²) < 4.78 is 16.9. The van der Waals surface area contributed by atoms with Crippen LogP contribution < -0.4 is 5.32 Å².